The first-order valence-corrected chi connectivity index (χ1v) is 7.33. The molecule has 3 heteroatoms. The Kier molecular flexibility index (Phi) is 6.48. The SMILES string of the molecule is CO[Si](CCCCC1CCCC1)OC. The maximum absolute atomic E-state index is 5.25. The van der Waals surface area contributed by atoms with E-state index < -0.39 is 9.28 Å². The van der Waals surface area contributed by atoms with Gasteiger partial charge in [0.05, 0.1) is 0 Å². The largest absolute Gasteiger partial charge is 0.397 e. The second kappa shape index (κ2) is 7.43. The molecule has 0 spiro atoms. The van der Waals surface area contributed by atoms with Gasteiger partial charge in [0, 0.05) is 14.2 Å². The molecule has 0 saturated heterocycles. The van der Waals surface area contributed by atoms with Crippen molar-refractivity contribution in [3.63, 3.8) is 0 Å². The van der Waals surface area contributed by atoms with Gasteiger partial charge in [-0.3, -0.25) is 0 Å². The van der Waals surface area contributed by atoms with Crippen molar-refractivity contribution in [3.8, 4) is 0 Å². The normalized spacial score (nSPS) is 18.2. The molecular weight excluding hydrogens is 192 g/mol. The van der Waals surface area contributed by atoms with E-state index in [1.807, 2.05) is 0 Å². The summed E-state index contributed by atoms with van der Waals surface area (Å²) >= 11 is 0. The van der Waals surface area contributed by atoms with Crippen LogP contribution >= 0.6 is 0 Å². The van der Waals surface area contributed by atoms with E-state index in [1.54, 1.807) is 14.2 Å². The van der Waals surface area contributed by atoms with Crippen molar-refractivity contribution in [2.45, 2.75) is 51.0 Å². The van der Waals surface area contributed by atoms with Crippen LogP contribution in [0.3, 0.4) is 0 Å². The molecule has 0 unspecified atom stereocenters. The highest BCUT2D eigenvalue weighted by atomic mass is 28.3. The van der Waals surface area contributed by atoms with E-state index in [4.69, 9.17) is 8.85 Å². The van der Waals surface area contributed by atoms with Crippen molar-refractivity contribution in [1.82, 2.24) is 0 Å². The summed E-state index contributed by atoms with van der Waals surface area (Å²) in [7, 11) is 2.60. The Morgan fingerprint density at radius 2 is 1.71 bits per heavy atom. The third-order valence-electron chi connectivity index (χ3n) is 3.17. The Morgan fingerprint density at radius 3 is 2.29 bits per heavy atom. The quantitative estimate of drug-likeness (QED) is 0.480. The van der Waals surface area contributed by atoms with E-state index in [-0.39, 0.29) is 0 Å². The van der Waals surface area contributed by atoms with Crippen LogP contribution in [-0.4, -0.2) is 23.5 Å². The zero-order valence-corrected chi connectivity index (χ0v) is 10.6. The Bertz CT molecular complexity index is 127. The average Bonchev–Trinajstić information content (AvgIpc) is 2.71. The molecule has 0 heterocycles. The van der Waals surface area contributed by atoms with Crippen LogP contribution in [0, 0.1) is 5.92 Å². The lowest BCUT2D eigenvalue weighted by atomic mass is 10.0. The lowest BCUT2D eigenvalue weighted by Gasteiger charge is -2.10. The summed E-state index contributed by atoms with van der Waals surface area (Å²) in [5.74, 6) is 1.04. The van der Waals surface area contributed by atoms with Gasteiger partial charge in [0.1, 0.15) is 0 Å². The summed E-state index contributed by atoms with van der Waals surface area (Å²) in [6, 6.07) is 1.14. The summed E-state index contributed by atoms with van der Waals surface area (Å²) < 4.78 is 10.5. The van der Waals surface area contributed by atoms with Gasteiger partial charge in [-0.1, -0.05) is 44.9 Å². The molecule has 1 saturated carbocycles. The van der Waals surface area contributed by atoms with Crippen LogP contribution in [-0.2, 0) is 8.85 Å². The first kappa shape index (κ1) is 12.2. The summed E-state index contributed by atoms with van der Waals surface area (Å²) in [5.41, 5.74) is 0. The molecule has 0 amide bonds. The van der Waals surface area contributed by atoms with Gasteiger partial charge < -0.3 is 8.85 Å². The molecule has 1 fully saturated rings. The molecule has 0 bridgehead atoms. The zero-order valence-electron chi connectivity index (χ0n) is 9.55. The Balaban J connectivity index is 1.92. The molecule has 0 aromatic rings. The minimum absolute atomic E-state index is 0.919. The molecule has 2 nitrogen and oxygen atoms in total. The van der Waals surface area contributed by atoms with Gasteiger partial charge >= 0.3 is 9.28 Å². The molecule has 83 valence electrons. The summed E-state index contributed by atoms with van der Waals surface area (Å²) in [5, 5.41) is 0. The minimum atomic E-state index is -0.919. The van der Waals surface area contributed by atoms with Gasteiger partial charge in [-0.2, -0.15) is 0 Å². The predicted molar refractivity (Wildman–Crippen MR) is 60.4 cm³/mol. The Labute approximate surface area is 89.8 Å². The molecule has 0 aromatic heterocycles. The van der Waals surface area contributed by atoms with Crippen LogP contribution in [0.2, 0.25) is 6.04 Å². The fourth-order valence-corrected chi connectivity index (χ4v) is 3.40. The van der Waals surface area contributed by atoms with Crippen molar-refractivity contribution >= 4 is 9.28 Å². The number of unbranched alkanes of at least 4 members (excludes halogenated alkanes) is 1. The van der Waals surface area contributed by atoms with Crippen molar-refractivity contribution in [2.75, 3.05) is 14.2 Å². The van der Waals surface area contributed by atoms with Crippen LogP contribution < -0.4 is 0 Å². The fraction of sp³-hybridized carbons (Fsp3) is 1.00. The third-order valence-corrected chi connectivity index (χ3v) is 4.85. The van der Waals surface area contributed by atoms with Crippen molar-refractivity contribution in [2.24, 2.45) is 5.92 Å². The van der Waals surface area contributed by atoms with E-state index in [0.717, 1.165) is 12.0 Å². The van der Waals surface area contributed by atoms with Gasteiger partial charge in [0.25, 0.3) is 0 Å². The maximum Gasteiger partial charge on any atom is 0.384 e. The van der Waals surface area contributed by atoms with E-state index >= 15 is 0 Å². The van der Waals surface area contributed by atoms with Gasteiger partial charge in [0.2, 0.25) is 0 Å². The van der Waals surface area contributed by atoms with Crippen molar-refractivity contribution in [3.05, 3.63) is 0 Å². The second-order valence-electron chi connectivity index (χ2n) is 4.18. The van der Waals surface area contributed by atoms with Crippen LogP contribution in [0.25, 0.3) is 0 Å². The van der Waals surface area contributed by atoms with E-state index in [0.29, 0.717) is 0 Å². The molecular formula is C11H23O2Si. The molecule has 1 radical (unpaired) electrons. The first-order chi connectivity index (χ1) is 6.86. The number of rotatable bonds is 7. The standard InChI is InChI=1S/C11H23O2Si/c1-12-14(13-2)10-6-5-9-11-7-3-4-8-11/h11H,3-10H2,1-2H3. The average molecular weight is 215 g/mol. The minimum Gasteiger partial charge on any atom is -0.397 e. The molecule has 1 aliphatic carbocycles. The zero-order chi connectivity index (χ0) is 10.2. The van der Waals surface area contributed by atoms with Gasteiger partial charge in [-0.25, -0.2) is 0 Å². The summed E-state index contributed by atoms with van der Waals surface area (Å²) in [6.45, 7) is 0. The second-order valence-corrected chi connectivity index (χ2v) is 6.24. The molecule has 14 heavy (non-hydrogen) atoms. The van der Waals surface area contributed by atoms with Gasteiger partial charge in [-0.15, -0.1) is 0 Å². The lowest BCUT2D eigenvalue weighted by Crippen LogP contribution is -2.18. The maximum atomic E-state index is 5.25. The molecule has 0 aliphatic heterocycles. The molecule has 0 N–H and O–H groups in total. The Hall–Kier alpha value is 0.137. The van der Waals surface area contributed by atoms with Crippen LogP contribution in [0.4, 0.5) is 0 Å². The smallest absolute Gasteiger partial charge is 0.384 e. The van der Waals surface area contributed by atoms with Gasteiger partial charge in [-0.05, 0) is 12.0 Å². The third kappa shape index (κ3) is 4.58. The lowest BCUT2D eigenvalue weighted by molar-refractivity contribution is 0.275. The van der Waals surface area contributed by atoms with Crippen LogP contribution in [0.1, 0.15) is 44.9 Å². The highest BCUT2D eigenvalue weighted by Crippen LogP contribution is 2.29. The van der Waals surface area contributed by atoms with E-state index in [2.05, 4.69) is 0 Å². The van der Waals surface area contributed by atoms with E-state index in [9.17, 15) is 0 Å². The molecule has 0 atom stereocenters. The highest BCUT2D eigenvalue weighted by molar-refractivity contribution is 6.44. The monoisotopic (exact) mass is 215 g/mol. The summed E-state index contributed by atoms with van der Waals surface area (Å²) in [6.07, 6.45) is 9.98. The molecule has 0 aromatic carbocycles. The highest BCUT2D eigenvalue weighted by Gasteiger charge is 2.15. The van der Waals surface area contributed by atoms with Crippen LogP contribution in [0.5, 0.6) is 0 Å². The number of hydrogen-bond acceptors (Lipinski definition) is 2. The first-order valence-electron chi connectivity index (χ1n) is 5.80. The fourth-order valence-electron chi connectivity index (χ4n) is 2.29. The molecule has 1 aliphatic rings. The summed E-state index contributed by atoms with van der Waals surface area (Å²) in [4.78, 5) is 0. The van der Waals surface area contributed by atoms with Crippen molar-refractivity contribution in [1.29, 1.82) is 0 Å². The Morgan fingerprint density at radius 1 is 1.07 bits per heavy atom. The molecule has 1 rings (SSSR count). The van der Waals surface area contributed by atoms with Crippen molar-refractivity contribution < 1.29 is 8.85 Å². The number of hydrogen-bond donors (Lipinski definition) is 0. The van der Waals surface area contributed by atoms with E-state index in [1.165, 1.54) is 44.9 Å². The van der Waals surface area contributed by atoms with Crippen LogP contribution in [0.15, 0.2) is 0 Å². The topological polar surface area (TPSA) is 18.5 Å². The predicted octanol–water partition coefficient (Wildman–Crippen LogP) is 3.13. The van der Waals surface area contributed by atoms with Gasteiger partial charge in [0.15, 0.2) is 0 Å².